The SMILES string of the molecule is O=[N+]([O-])c1ccccc1N1CCCCC1CCO. The van der Waals surface area contributed by atoms with E-state index in [0.29, 0.717) is 12.1 Å². The Morgan fingerprint density at radius 1 is 1.39 bits per heavy atom. The van der Waals surface area contributed by atoms with Crippen LogP contribution < -0.4 is 4.90 Å². The zero-order valence-corrected chi connectivity index (χ0v) is 10.3. The third-order valence-electron chi connectivity index (χ3n) is 3.48. The first-order valence-corrected chi connectivity index (χ1v) is 6.35. The van der Waals surface area contributed by atoms with Crippen molar-refractivity contribution in [3.8, 4) is 0 Å². The van der Waals surface area contributed by atoms with Crippen molar-refractivity contribution in [2.24, 2.45) is 0 Å². The third kappa shape index (κ3) is 2.61. The molecule has 1 aromatic carbocycles. The molecule has 0 radical (unpaired) electrons. The van der Waals surface area contributed by atoms with E-state index in [-0.39, 0.29) is 23.3 Å². The summed E-state index contributed by atoms with van der Waals surface area (Å²) in [5.74, 6) is 0. The zero-order valence-electron chi connectivity index (χ0n) is 10.3. The smallest absolute Gasteiger partial charge is 0.292 e. The van der Waals surface area contributed by atoms with Gasteiger partial charge >= 0.3 is 0 Å². The summed E-state index contributed by atoms with van der Waals surface area (Å²) in [7, 11) is 0. The fraction of sp³-hybridized carbons (Fsp3) is 0.538. The van der Waals surface area contributed by atoms with Gasteiger partial charge < -0.3 is 10.0 Å². The second-order valence-corrected chi connectivity index (χ2v) is 4.60. The van der Waals surface area contributed by atoms with E-state index in [1.165, 1.54) is 0 Å². The highest BCUT2D eigenvalue weighted by Gasteiger charge is 2.27. The third-order valence-corrected chi connectivity index (χ3v) is 3.48. The molecule has 5 nitrogen and oxygen atoms in total. The Bertz CT molecular complexity index is 420. The van der Waals surface area contributed by atoms with Gasteiger partial charge in [-0.05, 0) is 31.7 Å². The molecule has 1 aliphatic rings. The van der Waals surface area contributed by atoms with E-state index >= 15 is 0 Å². The minimum Gasteiger partial charge on any atom is -0.396 e. The van der Waals surface area contributed by atoms with Crippen LogP contribution in [0.1, 0.15) is 25.7 Å². The molecule has 1 N–H and O–H groups in total. The Labute approximate surface area is 106 Å². The molecule has 0 aliphatic carbocycles. The molecule has 0 amide bonds. The fourth-order valence-corrected chi connectivity index (χ4v) is 2.63. The first-order valence-electron chi connectivity index (χ1n) is 6.35. The van der Waals surface area contributed by atoms with Gasteiger partial charge in [0.15, 0.2) is 0 Å². The monoisotopic (exact) mass is 250 g/mol. The number of para-hydroxylation sites is 2. The number of nitro benzene ring substituents is 1. The number of piperidine rings is 1. The Balaban J connectivity index is 2.30. The summed E-state index contributed by atoms with van der Waals surface area (Å²) in [6.45, 7) is 0.956. The number of nitro groups is 1. The van der Waals surface area contributed by atoms with Crippen LogP contribution in [0, 0.1) is 10.1 Å². The Morgan fingerprint density at radius 3 is 2.89 bits per heavy atom. The molecule has 1 aromatic rings. The summed E-state index contributed by atoms with van der Waals surface area (Å²) in [6.07, 6.45) is 3.84. The van der Waals surface area contributed by atoms with E-state index in [1.54, 1.807) is 18.2 Å². The Kier molecular flexibility index (Phi) is 4.15. The van der Waals surface area contributed by atoms with E-state index in [9.17, 15) is 10.1 Å². The standard InChI is InChI=1S/C13H18N2O3/c16-10-8-11-5-3-4-9-14(11)12-6-1-2-7-13(12)15(17)18/h1-2,6-7,11,16H,3-5,8-10H2. The molecular weight excluding hydrogens is 232 g/mol. The van der Waals surface area contributed by atoms with Crippen LogP contribution in [0.2, 0.25) is 0 Å². The summed E-state index contributed by atoms with van der Waals surface area (Å²) in [4.78, 5) is 12.8. The number of hydrogen-bond donors (Lipinski definition) is 1. The molecule has 0 spiro atoms. The first-order chi connectivity index (χ1) is 8.74. The maximum absolute atomic E-state index is 11.1. The molecule has 98 valence electrons. The molecule has 1 aliphatic heterocycles. The van der Waals surface area contributed by atoms with Crippen molar-refractivity contribution in [2.45, 2.75) is 31.7 Å². The van der Waals surface area contributed by atoms with E-state index in [2.05, 4.69) is 4.90 Å². The number of aliphatic hydroxyl groups is 1. The molecule has 1 saturated heterocycles. The van der Waals surface area contributed by atoms with Gasteiger partial charge in [-0.3, -0.25) is 10.1 Å². The molecule has 2 rings (SSSR count). The maximum atomic E-state index is 11.1. The van der Waals surface area contributed by atoms with Gasteiger partial charge in [0.05, 0.1) is 4.92 Å². The van der Waals surface area contributed by atoms with Crippen molar-refractivity contribution in [1.82, 2.24) is 0 Å². The van der Waals surface area contributed by atoms with Crippen LogP contribution in [-0.4, -0.2) is 29.2 Å². The van der Waals surface area contributed by atoms with Crippen molar-refractivity contribution in [2.75, 3.05) is 18.1 Å². The molecular formula is C13H18N2O3. The second kappa shape index (κ2) is 5.82. The topological polar surface area (TPSA) is 66.6 Å². The number of benzene rings is 1. The van der Waals surface area contributed by atoms with Crippen molar-refractivity contribution >= 4 is 11.4 Å². The summed E-state index contributed by atoms with van der Waals surface area (Å²) in [5, 5.41) is 20.2. The molecule has 1 heterocycles. The highest BCUT2D eigenvalue weighted by atomic mass is 16.6. The lowest BCUT2D eigenvalue weighted by molar-refractivity contribution is -0.384. The van der Waals surface area contributed by atoms with Crippen LogP contribution in [-0.2, 0) is 0 Å². The van der Waals surface area contributed by atoms with E-state index in [0.717, 1.165) is 25.8 Å². The average Bonchev–Trinajstić information content (AvgIpc) is 2.40. The first kappa shape index (κ1) is 12.8. The van der Waals surface area contributed by atoms with Crippen LogP contribution in [0.25, 0.3) is 0 Å². The van der Waals surface area contributed by atoms with Gasteiger partial charge in [-0.25, -0.2) is 0 Å². The van der Waals surface area contributed by atoms with Gasteiger partial charge in [0.1, 0.15) is 5.69 Å². The normalized spacial score (nSPS) is 19.8. The van der Waals surface area contributed by atoms with Crippen molar-refractivity contribution in [3.05, 3.63) is 34.4 Å². The molecule has 1 fully saturated rings. The van der Waals surface area contributed by atoms with Gasteiger partial charge in [-0.1, -0.05) is 12.1 Å². The highest BCUT2D eigenvalue weighted by molar-refractivity contribution is 5.63. The van der Waals surface area contributed by atoms with Crippen LogP contribution in [0.4, 0.5) is 11.4 Å². The van der Waals surface area contributed by atoms with Gasteiger partial charge in [0.25, 0.3) is 5.69 Å². The van der Waals surface area contributed by atoms with Gasteiger partial charge in [0.2, 0.25) is 0 Å². The minimum atomic E-state index is -0.333. The van der Waals surface area contributed by atoms with E-state index in [4.69, 9.17) is 5.11 Å². The summed E-state index contributed by atoms with van der Waals surface area (Å²) in [6, 6.07) is 7.07. The summed E-state index contributed by atoms with van der Waals surface area (Å²) >= 11 is 0. The number of anilines is 1. The molecule has 5 heteroatoms. The summed E-state index contributed by atoms with van der Waals surface area (Å²) < 4.78 is 0. The van der Waals surface area contributed by atoms with Gasteiger partial charge in [-0.15, -0.1) is 0 Å². The van der Waals surface area contributed by atoms with Gasteiger partial charge in [0, 0.05) is 25.3 Å². The van der Waals surface area contributed by atoms with Crippen molar-refractivity contribution < 1.29 is 10.0 Å². The lowest BCUT2D eigenvalue weighted by atomic mass is 9.98. The van der Waals surface area contributed by atoms with E-state index < -0.39 is 0 Å². The Hall–Kier alpha value is -1.62. The highest BCUT2D eigenvalue weighted by Crippen LogP contribution is 2.33. The quantitative estimate of drug-likeness (QED) is 0.658. The number of aliphatic hydroxyl groups excluding tert-OH is 1. The molecule has 0 aromatic heterocycles. The molecule has 0 saturated carbocycles. The van der Waals surface area contributed by atoms with Crippen LogP contribution in [0.5, 0.6) is 0 Å². The minimum absolute atomic E-state index is 0.127. The maximum Gasteiger partial charge on any atom is 0.292 e. The van der Waals surface area contributed by atoms with Crippen molar-refractivity contribution in [3.63, 3.8) is 0 Å². The number of rotatable bonds is 4. The van der Waals surface area contributed by atoms with Gasteiger partial charge in [-0.2, -0.15) is 0 Å². The lowest BCUT2D eigenvalue weighted by Crippen LogP contribution is -2.40. The predicted molar refractivity (Wildman–Crippen MR) is 69.8 cm³/mol. The Morgan fingerprint density at radius 2 is 2.17 bits per heavy atom. The largest absolute Gasteiger partial charge is 0.396 e. The van der Waals surface area contributed by atoms with Crippen LogP contribution in [0.15, 0.2) is 24.3 Å². The summed E-state index contributed by atoms with van der Waals surface area (Å²) in [5.41, 5.74) is 0.836. The molecule has 1 atom stereocenters. The lowest BCUT2D eigenvalue weighted by Gasteiger charge is -2.37. The molecule has 1 unspecified atom stereocenters. The molecule has 0 bridgehead atoms. The fourth-order valence-electron chi connectivity index (χ4n) is 2.63. The zero-order chi connectivity index (χ0) is 13.0. The van der Waals surface area contributed by atoms with Crippen LogP contribution in [0.3, 0.4) is 0 Å². The average molecular weight is 250 g/mol. The van der Waals surface area contributed by atoms with Crippen molar-refractivity contribution in [1.29, 1.82) is 0 Å². The number of hydrogen-bond acceptors (Lipinski definition) is 4. The number of nitrogens with zero attached hydrogens (tertiary/aromatic N) is 2. The van der Waals surface area contributed by atoms with E-state index in [1.807, 2.05) is 6.07 Å². The second-order valence-electron chi connectivity index (χ2n) is 4.60. The molecule has 18 heavy (non-hydrogen) atoms. The predicted octanol–water partition coefficient (Wildman–Crippen LogP) is 2.34. The van der Waals surface area contributed by atoms with Crippen LogP contribution >= 0.6 is 0 Å².